The molecule has 3 atom stereocenters. The summed E-state index contributed by atoms with van der Waals surface area (Å²) >= 11 is 1.14. The Balaban J connectivity index is 2.11. The highest BCUT2D eigenvalue weighted by Crippen LogP contribution is 2.42. The van der Waals surface area contributed by atoms with Crippen molar-refractivity contribution in [3.63, 3.8) is 0 Å². The van der Waals surface area contributed by atoms with Crippen LogP contribution in [0.1, 0.15) is 53.3 Å². The van der Waals surface area contributed by atoms with Gasteiger partial charge in [-0.2, -0.15) is 4.39 Å². The molecule has 10 nitrogen and oxygen atoms in total. The summed E-state index contributed by atoms with van der Waals surface area (Å²) < 4.78 is 35.6. The van der Waals surface area contributed by atoms with E-state index in [9.17, 15) is 23.6 Å². The van der Waals surface area contributed by atoms with Gasteiger partial charge in [-0.05, 0) is 10.8 Å². The van der Waals surface area contributed by atoms with Gasteiger partial charge in [0.2, 0.25) is 5.82 Å². The molecule has 0 bridgehead atoms. The number of rotatable bonds is 6. The van der Waals surface area contributed by atoms with E-state index in [2.05, 4.69) is 0 Å². The van der Waals surface area contributed by atoms with E-state index in [1.807, 2.05) is 46.5 Å². The maximum absolute atomic E-state index is 13.8. The average Bonchev–Trinajstić information content (AvgIpc) is 3.07. The highest BCUT2D eigenvalue weighted by Gasteiger charge is 2.40. The molecular formula is C21H31FN2O8S. The van der Waals surface area contributed by atoms with Crippen LogP contribution in [0.15, 0.2) is 15.8 Å². The minimum atomic E-state index is -1.13. The molecule has 1 aromatic rings. The molecule has 1 saturated heterocycles. The van der Waals surface area contributed by atoms with Crippen LogP contribution >= 0.6 is 11.8 Å². The SMILES string of the molecule is CC(C)(C)COC(=O)OC[C@H]1S[C@@H](n2cc(F)c(=O)[nH]c2=O)C[C@@H]1OC(=O)OCC(C)(C)C. The van der Waals surface area contributed by atoms with Crippen LogP contribution in [0.3, 0.4) is 0 Å². The second kappa shape index (κ2) is 10.6. The van der Waals surface area contributed by atoms with Crippen LogP contribution in [0.2, 0.25) is 0 Å². The lowest BCUT2D eigenvalue weighted by molar-refractivity contribution is -0.00450. The normalized spacial score (nSPS) is 20.9. The summed E-state index contributed by atoms with van der Waals surface area (Å²) in [7, 11) is 0. The summed E-state index contributed by atoms with van der Waals surface area (Å²) in [6.45, 7) is 11.4. The average molecular weight is 491 g/mol. The Labute approximate surface area is 195 Å². The zero-order valence-corrected chi connectivity index (χ0v) is 20.5. The summed E-state index contributed by atoms with van der Waals surface area (Å²) in [6.07, 6.45) is -1.68. The second-order valence-electron chi connectivity index (χ2n) is 10.2. The van der Waals surface area contributed by atoms with Crippen LogP contribution in [0, 0.1) is 16.6 Å². The highest BCUT2D eigenvalue weighted by atomic mass is 32.2. The minimum Gasteiger partial charge on any atom is -0.434 e. The molecular weight excluding hydrogens is 459 g/mol. The molecule has 2 rings (SSSR count). The lowest BCUT2D eigenvalue weighted by Crippen LogP contribution is -2.33. The van der Waals surface area contributed by atoms with Gasteiger partial charge in [-0.25, -0.2) is 14.4 Å². The Hall–Kier alpha value is -2.50. The fraction of sp³-hybridized carbons (Fsp3) is 0.714. The van der Waals surface area contributed by atoms with Gasteiger partial charge in [0, 0.05) is 6.42 Å². The van der Waals surface area contributed by atoms with E-state index in [1.165, 1.54) is 0 Å². The van der Waals surface area contributed by atoms with Crippen molar-refractivity contribution in [1.29, 1.82) is 0 Å². The van der Waals surface area contributed by atoms with Crippen LogP contribution < -0.4 is 11.2 Å². The van der Waals surface area contributed by atoms with Crippen molar-refractivity contribution in [2.45, 2.75) is 64.7 Å². The fourth-order valence-corrected chi connectivity index (χ4v) is 4.20. The van der Waals surface area contributed by atoms with Gasteiger partial charge in [0.05, 0.1) is 30.0 Å². The molecule has 1 aliphatic heterocycles. The molecule has 186 valence electrons. The monoisotopic (exact) mass is 490 g/mol. The number of nitrogens with zero attached hydrogens (tertiary/aromatic N) is 1. The lowest BCUT2D eigenvalue weighted by atomic mass is 9.99. The van der Waals surface area contributed by atoms with Gasteiger partial charge < -0.3 is 18.9 Å². The molecule has 0 aromatic carbocycles. The molecule has 0 saturated carbocycles. The van der Waals surface area contributed by atoms with Crippen LogP contribution in [0.5, 0.6) is 0 Å². The molecule has 1 N–H and O–H groups in total. The quantitative estimate of drug-likeness (QED) is 0.597. The van der Waals surface area contributed by atoms with E-state index >= 15 is 0 Å². The van der Waals surface area contributed by atoms with Gasteiger partial charge in [0.1, 0.15) is 12.7 Å². The molecule has 0 spiro atoms. The maximum Gasteiger partial charge on any atom is 0.508 e. The number of hydrogen-bond acceptors (Lipinski definition) is 9. The van der Waals surface area contributed by atoms with Crippen molar-refractivity contribution in [2.24, 2.45) is 10.8 Å². The number of halogens is 1. The third-order valence-corrected chi connectivity index (χ3v) is 5.80. The standard InChI is InChI=1S/C21H31FN2O8S/c1-20(2,3)10-30-18(27)29-9-14-13(32-19(28)31-11-21(4,5)6)7-15(33-14)24-8-12(22)16(25)23-17(24)26/h8,13-15H,7,9-11H2,1-6H3,(H,23,25,26)/t13-,14+,15+/m0/s1. The number of aromatic nitrogens is 2. The Bertz CT molecular complexity index is 963. The summed E-state index contributed by atoms with van der Waals surface area (Å²) in [5, 5.41) is -1.26. The van der Waals surface area contributed by atoms with Gasteiger partial charge in [0.15, 0.2) is 0 Å². The Morgan fingerprint density at radius 2 is 1.64 bits per heavy atom. The van der Waals surface area contributed by atoms with Crippen molar-refractivity contribution in [3.8, 4) is 0 Å². The summed E-state index contributed by atoms with van der Waals surface area (Å²) in [5.74, 6) is -1.12. The van der Waals surface area contributed by atoms with Gasteiger partial charge >= 0.3 is 18.0 Å². The first kappa shape index (κ1) is 26.7. The molecule has 0 radical (unpaired) electrons. The molecule has 0 amide bonds. The van der Waals surface area contributed by atoms with Crippen molar-refractivity contribution in [2.75, 3.05) is 19.8 Å². The predicted octanol–water partition coefficient (Wildman–Crippen LogP) is 3.45. The van der Waals surface area contributed by atoms with Crippen molar-refractivity contribution in [1.82, 2.24) is 9.55 Å². The van der Waals surface area contributed by atoms with Crippen LogP contribution in [0.4, 0.5) is 14.0 Å². The molecule has 12 heteroatoms. The number of carbonyl (C=O) groups excluding carboxylic acids is 2. The summed E-state index contributed by atoms with van der Waals surface area (Å²) in [4.78, 5) is 49.5. The highest BCUT2D eigenvalue weighted by molar-refractivity contribution is 8.00. The number of nitrogens with one attached hydrogen (secondary N) is 1. The number of ether oxygens (including phenoxy) is 4. The third-order valence-electron chi connectivity index (χ3n) is 4.27. The number of hydrogen-bond donors (Lipinski definition) is 1. The van der Waals surface area contributed by atoms with Crippen molar-refractivity contribution < 1.29 is 32.9 Å². The Kier molecular flexibility index (Phi) is 8.61. The maximum atomic E-state index is 13.8. The first-order chi connectivity index (χ1) is 15.1. The second-order valence-corrected chi connectivity index (χ2v) is 11.6. The minimum absolute atomic E-state index is 0.103. The first-order valence-corrected chi connectivity index (χ1v) is 11.4. The van der Waals surface area contributed by atoms with E-state index in [4.69, 9.17) is 18.9 Å². The van der Waals surface area contributed by atoms with Gasteiger partial charge in [-0.1, -0.05) is 41.5 Å². The smallest absolute Gasteiger partial charge is 0.434 e. The third kappa shape index (κ3) is 8.75. The molecule has 1 aromatic heterocycles. The zero-order valence-electron chi connectivity index (χ0n) is 19.6. The van der Waals surface area contributed by atoms with Crippen molar-refractivity contribution in [3.05, 3.63) is 32.9 Å². The van der Waals surface area contributed by atoms with E-state index < -0.39 is 46.1 Å². The predicted molar refractivity (Wildman–Crippen MR) is 119 cm³/mol. The summed E-state index contributed by atoms with van der Waals surface area (Å²) in [6, 6.07) is 0. The topological polar surface area (TPSA) is 126 Å². The lowest BCUT2D eigenvalue weighted by Gasteiger charge is -2.21. The van der Waals surface area contributed by atoms with Crippen molar-refractivity contribution >= 4 is 24.1 Å². The zero-order chi connectivity index (χ0) is 25.0. The van der Waals surface area contributed by atoms with Gasteiger partial charge in [0.25, 0.3) is 5.56 Å². The Morgan fingerprint density at radius 1 is 1.06 bits per heavy atom. The molecule has 33 heavy (non-hydrogen) atoms. The number of carbonyl (C=O) groups is 2. The first-order valence-electron chi connectivity index (χ1n) is 10.4. The number of thioether (sulfide) groups is 1. The van der Waals surface area contributed by atoms with E-state index in [0.717, 1.165) is 22.5 Å². The van der Waals surface area contributed by atoms with Crippen LogP contribution in [-0.4, -0.2) is 53.0 Å². The van der Waals surface area contributed by atoms with E-state index in [-0.39, 0.29) is 37.1 Å². The van der Waals surface area contributed by atoms with Crippen LogP contribution in [-0.2, 0) is 18.9 Å². The van der Waals surface area contributed by atoms with E-state index in [1.54, 1.807) is 0 Å². The fourth-order valence-electron chi connectivity index (χ4n) is 2.72. The van der Waals surface area contributed by atoms with Crippen LogP contribution in [0.25, 0.3) is 0 Å². The number of H-pyrrole nitrogens is 1. The molecule has 0 unspecified atom stereocenters. The molecule has 1 fully saturated rings. The molecule has 0 aliphatic carbocycles. The summed E-state index contributed by atoms with van der Waals surface area (Å²) in [5.41, 5.74) is -2.45. The molecule has 1 aliphatic rings. The molecule has 2 heterocycles. The van der Waals surface area contributed by atoms with E-state index in [0.29, 0.717) is 0 Å². The van der Waals surface area contributed by atoms with Gasteiger partial charge in [-0.15, -0.1) is 11.8 Å². The number of aromatic amines is 1. The largest absolute Gasteiger partial charge is 0.508 e. The Morgan fingerprint density at radius 3 is 2.21 bits per heavy atom. The van der Waals surface area contributed by atoms with Gasteiger partial charge in [-0.3, -0.25) is 14.3 Å².